The Morgan fingerprint density at radius 3 is 3.00 bits per heavy atom. The van der Waals surface area contributed by atoms with Crippen molar-refractivity contribution in [3.8, 4) is 0 Å². The maximum atomic E-state index is 5.00. The van der Waals surface area contributed by atoms with Gasteiger partial charge in [-0.25, -0.2) is 9.97 Å². The molecule has 6 heteroatoms. The zero-order valence-corrected chi connectivity index (χ0v) is 11.9. The van der Waals surface area contributed by atoms with Crippen molar-refractivity contribution in [2.45, 2.75) is 18.4 Å². The van der Waals surface area contributed by atoms with Crippen molar-refractivity contribution in [1.29, 1.82) is 0 Å². The van der Waals surface area contributed by atoms with E-state index in [0.29, 0.717) is 0 Å². The van der Waals surface area contributed by atoms with Gasteiger partial charge in [0.1, 0.15) is 17.2 Å². The van der Waals surface area contributed by atoms with E-state index in [9.17, 15) is 0 Å². The van der Waals surface area contributed by atoms with E-state index in [1.807, 2.05) is 6.92 Å². The lowest BCUT2D eigenvalue weighted by Gasteiger charge is -2.08. The minimum Gasteiger partial charge on any atom is -0.385 e. The summed E-state index contributed by atoms with van der Waals surface area (Å²) in [5.74, 6) is 1.85. The predicted molar refractivity (Wildman–Crippen MR) is 71.1 cm³/mol. The van der Waals surface area contributed by atoms with Crippen molar-refractivity contribution in [3.63, 3.8) is 0 Å². The minimum absolute atomic E-state index is 0.787. The highest BCUT2D eigenvalue weighted by Gasteiger charge is 2.07. The molecule has 0 atom stereocenters. The van der Waals surface area contributed by atoms with E-state index in [1.165, 1.54) is 0 Å². The van der Waals surface area contributed by atoms with Crippen LogP contribution in [0.25, 0.3) is 0 Å². The van der Waals surface area contributed by atoms with Crippen molar-refractivity contribution in [3.05, 3.63) is 10.8 Å². The van der Waals surface area contributed by atoms with Crippen LogP contribution in [0.5, 0.6) is 0 Å². The van der Waals surface area contributed by atoms with Gasteiger partial charge < -0.3 is 10.1 Å². The molecule has 0 fully saturated rings. The normalized spacial score (nSPS) is 10.4. The van der Waals surface area contributed by atoms with Gasteiger partial charge >= 0.3 is 0 Å². The molecule has 0 radical (unpaired) electrons. The highest BCUT2D eigenvalue weighted by Crippen LogP contribution is 2.30. The average Bonchev–Trinajstić information content (AvgIpc) is 2.29. The summed E-state index contributed by atoms with van der Waals surface area (Å²) in [6.45, 7) is 3.68. The summed E-state index contributed by atoms with van der Waals surface area (Å²) >= 11 is 5.22. The molecule has 0 saturated carbocycles. The van der Waals surface area contributed by atoms with Crippen LogP contribution in [0.4, 0.5) is 5.82 Å². The summed E-state index contributed by atoms with van der Waals surface area (Å²) in [4.78, 5) is 8.41. The SMILES string of the molecule is CCNc1ncnc(SCCCOC)c1Br. The average molecular weight is 306 g/mol. The molecular weight excluding hydrogens is 290 g/mol. The second-order valence-corrected chi connectivity index (χ2v) is 4.94. The fourth-order valence-electron chi connectivity index (χ4n) is 1.12. The number of hydrogen-bond donors (Lipinski definition) is 1. The summed E-state index contributed by atoms with van der Waals surface area (Å²) < 4.78 is 5.95. The molecule has 1 aromatic rings. The Morgan fingerprint density at radius 2 is 2.31 bits per heavy atom. The lowest BCUT2D eigenvalue weighted by Crippen LogP contribution is -2.02. The lowest BCUT2D eigenvalue weighted by molar-refractivity contribution is 0.200. The number of halogens is 1. The fraction of sp³-hybridized carbons (Fsp3) is 0.600. The third-order valence-corrected chi connectivity index (χ3v) is 3.92. The van der Waals surface area contributed by atoms with Gasteiger partial charge in [0.05, 0.1) is 4.47 Å². The molecule has 90 valence electrons. The number of anilines is 1. The molecule has 0 bridgehead atoms. The first kappa shape index (κ1) is 13.7. The first-order chi connectivity index (χ1) is 7.79. The highest BCUT2D eigenvalue weighted by molar-refractivity contribution is 9.10. The Bertz CT molecular complexity index is 325. The van der Waals surface area contributed by atoms with Crippen LogP contribution in [0.2, 0.25) is 0 Å². The van der Waals surface area contributed by atoms with Crippen molar-refractivity contribution in [2.75, 3.05) is 31.3 Å². The van der Waals surface area contributed by atoms with E-state index < -0.39 is 0 Å². The zero-order valence-electron chi connectivity index (χ0n) is 9.49. The van der Waals surface area contributed by atoms with Gasteiger partial charge in [0.2, 0.25) is 0 Å². The molecule has 1 rings (SSSR count). The summed E-state index contributed by atoms with van der Waals surface area (Å²) in [6, 6.07) is 0. The van der Waals surface area contributed by atoms with Gasteiger partial charge in [0.25, 0.3) is 0 Å². The van der Waals surface area contributed by atoms with Crippen LogP contribution in [0.3, 0.4) is 0 Å². The van der Waals surface area contributed by atoms with Gasteiger partial charge in [-0.3, -0.25) is 0 Å². The molecule has 4 nitrogen and oxygen atoms in total. The summed E-state index contributed by atoms with van der Waals surface area (Å²) in [5, 5.41) is 4.16. The van der Waals surface area contributed by atoms with E-state index in [0.717, 1.165) is 40.6 Å². The van der Waals surface area contributed by atoms with Gasteiger partial charge in [-0.15, -0.1) is 11.8 Å². The number of nitrogens with one attached hydrogen (secondary N) is 1. The van der Waals surface area contributed by atoms with Crippen LogP contribution in [0.1, 0.15) is 13.3 Å². The van der Waals surface area contributed by atoms with Gasteiger partial charge in [-0.05, 0) is 29.3 Å². The number of aromatic nitrogens is 2. The van der Waals surface area contributed by atoms with E-state index in [1.54, 1.807) is 25.2 Å². The van der Waals surface area contributed by atoms with Crippen LogP contribution in [-0.2, 0) is 4.74 Å². The molecule has 0 aliphatic heterocycles. The maximum absolute atomic E-state index is 5.00. The topological polar surface area (TPSA) is 47.0 Å². The maximum Gasteiger partial charge on any atom is 0.144 e. The number of methoxy groups -OCH3 is 1. The monoisotopic (exact) mass is 305 g/mol. The van der Waals surface area contributed by atoms with E-state index in [2.05, 4.69) is 31.2 Å². The predicted octanol–water partition coefficient (Wildman–Crippen LogP) is 2.80. The number of rotatable bonds is 7. The van der Waals surface area contributed by atoms with E-state index >= 15 is 0 Å². The molecule has 1 N–H and O–H groups in total. The molecule has 16 heavy (non-hydrogen) atoms. The summed E-state index contributed by atoms with van der Waals surface area (Å²) in [6.07, 6.45) is 2.61. The molecule has 0 aliphatic carbocycles. The van der Waals surface area contributed by atoms with Crippen molar-refractivity contribution < 1.29 is 4.74 Å². The molecule has 1 heterocycles. The van der Waals surface area contributed by atoms with Crippen LogP contribution in [0.15, 0.2) is 15.8 Å². The third-order valence-electron chi connectivity index (χ3n) is 1.83. The summed E-state index contributed by atoms with van der Waals surface area (Å²) in [5.41, 5.74) is 0. The number of thioether (sulfide) groups is 1. The molecule has 0 unspecified atom stereocenters. The van der Waals surface area contributed by atoms with Crippen LogP contribution in [0, 0.1) is 0 Å². The standard InChI is InChI=1S/C10H16BrN3OS/c1-3-12-9-8(11)10(14-7-13-9)16-6-4-5-15-2/h7H,3-6H2,1-2H3,(H,12,13,14). The van der Waals surface area contributed by atoms with Crippen molar-refractivity contribution in [1.82, 2.24) is 9.97 Å². The van der Waals surface area contributed by atoms with E-state index in [4.69, 9.17) is 4.74 Å². The second kappa shape index (κ2) is 7.86. The first-order valence-corrected chi connectivity index (χ1v) is 6.93. The Labute approximate surface area is 109 Å². The molecule has 0 aromatic carbocycles. The Balaban J connectivity index is 2.55. The molecule has 0 spiro atoms. The molecule has 1 aromatic heterocycles. The third kappa shape index (κ3) is 4.27. The molecule has 0 aliphatic rings. The second-order valence-electron chi connectivity index (χ2n) is 3.07. The first-order valence-electron chi connectivity index (χ1n) is 5.15. The number of nitrogens with zero attached hydrogens (tertiary/aromatic N) is 2. The number of ether oxygens (including phenoxy) is 1. The van der Waals surface area contributed by atoms with Gasteiger partial charge in [0.15, 0.2) is 0 Å². The van der Waals surface area contributed by atoms with Crippen molar-refractivity contribution in [2.24, 2.45) is 0 Å². The van der Waals surface area contributed by atoms with Crippen LogP contribution >= 0.6 is 27.7 Å². The van der Waals surface area contributed by atoms with Crippen molar-refractivity contribution >= 4 is 33.5 Å². The fourth-order valence-corrected chi connectivity index (χ4v) is 2.61. The smallest absolute Gasteiger partial charge is 0.144 e. The van der Waals surface area contributed by atoms with Crippen LogP contribution in [-0.4, -0.2) is 36.0 Å². The quantitative estimate of drug-likeness (QED) is 0.477. The van der Waals surface area contributed by atoms with Gasteiger partial charge in [0, 0.05) is 26.0 Å². The summed E-state index contributed by atoms with van der Waals surface area (Å²) in [7, 11) is 1.72. The molecule has 0 saturated heterocycles. The van der Waals surface area contributed by atoms with Crippen LogP contribution < -0.4 is 5.32 Å². The van der Waals surface area contributed by atoms with Gasteiger partial charge in [-0.1, -0.05) is 0 Å². The largest absolute Gasteiger partial charge is 0.385 e. The number of hydrogen-bond acceptors (Lipinski definition) is 5. The Morgan fingerprint density at radius 1 is 1.50 bits per heavy atom. The Hall–Kier alpha value is -0.330. The minimum atomic E-state index is 0.787. The molecular formula is C10H16BrN3OS. The highest BCUT2D eigenvalue weighted by atomic mass is 79.9. The van der Waals surface area contributed by atoms with Gasteiger partial charge in [-0.2, -0.15) is 0 Å². The zero-order chi connectivity index (χ0) is 11.8. The molecule has 0 amide bonds. The lowest BCUT2D eigenvalue weighted by atomic mass is 10.5. The van der Waals surface area contributed by atoms with E-state index in [-0.39, 0.29) is 0 Å². The Kier molecular flexibility index (Phi) is 6.75.